The van der Waals surface area contributed by atoms with Crippen molar-refractivity contribution < 1.29 is 14.2 Å². The van der Waals surface area contributed by atoms with E-state index in [9.17, 15) is 9.50 Å². The van der Waals surface area contributed by atoms with Crippen molar-refractivity contribution in [3.8, 4) is 5.75 Å². The fourth-order valence-corrected chi connectivity index (χ4v) is 3.15. The van der Waals surface area contributed by atoms with Crippen LogP contribution in [0.5, 0.6) is 5.75 Å². The third-order valence-corrected chi connectivity index (χ3v) is 4.69. The molecule has 0 amide bonds. The molecule has 1 aromatic carbocycles. The van der Waals surface area contributed by atoms with Crippen LogP contribution in [0, 0.1) is 5.82 Å². The third-order valence-electron chi connectivity index (χ3n) is 4.69. The number of methoxy groups -OCH3 is 1. The highest BCUT2D eigenvalue weighted by Gasteiger charge is 2.29. The molecule has 0 saturated heterocycles. The summed E-state index contributed by atoms with van der Waals surface area (Å²) in [5.41, 5.74) is 0.107. The van der Waals surface area contributed by atoms with Crippen molar-refractivity contribution in [2.75, 3.05) is 20.2 Å². The molecular formula is C19H31FIN3O2. The van der Waals surface area contributed by atoms with Gasteiger partial charge in [0.15, 0.2) is 17.5 Å². The summed E-state index contributed by atoms with van der Waals surface area (Å²) in [4.78, 5) is 4.56. The Morgan fingerprint density at radius 3 is 2.62 bits per heavy atom. The maximum atomic E-state index is 13.9. The number of aliphatic imine (C=N–C) groups is 1. The molecule has 5 nitrogen and oxygen atoms in total. The zero-order chi connectivity index (χ0) is 18.3. The van der Waals surface area contributed by atoms with Gasteiger partial charge in [-0.3, -0.25) is 4.99 Å². The smallest absolute Gasteiger partial charge is 0.191 e. The molecule has 0 heterocycles. The molecule has 26 heavy (non-hydrogen) atoms. The molecule has 1 aromatic rings. The molecule has 1 unspecified atom stereocenters. The van der Waals surface area contributed by atoms with E-state index >= 15 is 0 Å². The van der Waals surface area contributed by atoms with E-state index in [1.54, 1.807) is 6.07 Å². The molecule has 1 aliphatic rings. The second kappa shape index (κ2) is 10.9. The first kappa shape index (κ1) is 23.0. The van der Waals surface area contributed by atoms with E-state index in [0.717, 1.165) is 31.2 Å². The van der Waals surface area contributed by atoms with Gasteiger partial charge < -0.3 is 20.5 Å². The van der Waals surface area contributed by atoms with E-state index in [0.29, 0.717) is 19.0 Å². The first-order valence-corrected chi connectivity index (χ1v) is 9.08. The van der Waals surface area contributed by atoms with Crippen LogP contribution in [0.4, 0.5) is 4.39 Å². The summed E-state index contributed by atoms with van der Waals surface area (Å²) in [6, 6.07) is 4.80. The molecule has 1 saturated carbocycles. The van der Waals surface area contributed by atoms with Crippen molar-refractivity contribution in [2.24, 2.45) is 4.99 Å². The molecule has 2 rings (SSSR count). The van der Waals surface area contributed by atoms with E-state index in [2.05, 4.69) is 15.6 Å². The highest BCUT2D eigenvalue weighted by Crippen LogP contribution is 2.28. The second-order valence-electron chi connectivity index (χ2n) is 6.74. The van der Waals surface area contributed by atoms with Crippen molar-refractivity contribution in [3.05, 3.63) is 29.6 Å². The van der Waals surface area contributed by atoms with Crippen molar-refractivity contribution in [1.82, 2.24) is 10.6 Å². The van der Waals surface area contributed by atoms with Crippen molar-refractivity contribution >= 4 is 29.9 Å². The number of rotatable bonds is 6. The van der Waals surface area contributed by atoms with Crippen LogP contribution in [0.15, 0.2) is 23.2 Å². The molecule has 0 radical (unpaired) electrons. The average molecular weight is 479 g/mol. The lowest BCUT2D eigenvalue weighted by molar-refractivity contribution is 0.0131. The van der Waals surface area contributed by atoms with Gasteiger partial charge in [0.2, 0.25) is 0 Å². The number of hydrogen-bond donors (Lipinski definition) is 3. The Hall–Kier alpha value is -1.09. The van der Waals surface area contributed by atoms with Gasteiger partial charge in [0.1, 0.15) is 0 Å². The molecule has 1 aliphatic carbocycles. The minimum atomic E-state index is -0.698. The number of hydrogen-bond acceptors (Lipinski definition) is 3. The Labute approximate surface area is 172 Å². The van der Waals surface area contributed by atoms with Crippen LogP contribution in [-0.2, 0) is 0 Å². The number of benzene rings is 1. The molecule has 3 N–H and O–H groups in total. The van der Waals surface area contributed by atoms with E-state index < -0.39 is 5.60 Å². The summed E-state index contributed by atoms with van der Waals surface area (Å²) in [5.74, 6) is 0.480. The quantitative estimate of drug-likeness (QED) is 0.330. The SMILES string of the molecule is CCNC(=NCC1(O)CCCCC1)NC(C)c1ccc(OC)c(F)c1.I. The van der Waals surface area contributed by atoms with Crippen LogP contribution in [0.1, 0.15) is 57.6 Å². The Balaban J connectivity index is 0.00000338. The Bertz CT molecular complexity index is 592. The van der Waals surface area contributed by atoms with Gasteiger partial charge in [0.25, 0.3) is 0 Å². The summed E-state index contributed by atoms with van der Waals surface area (Å²) < 4.78 is 18.9. The van der Waals surface area contributed by atoms with Crippen LogP contribution in [0.3, 0.4) is 0 Å². The number of ether oxygens (including phenoxy) is 1. The van der Waals surface area contributed by atoms with Gasteiger partial charge in [-0.05, 0) is 44.4 Å². The number of halogens is 2. The third kappa shape index (κ3) is 6.57. The van der Waals surface area contributed by atoms with Crippen LogP contribution >= 0.6 is 24.0 Å². The number of nitrogens with zero attached hydrogens (tertiary/aromatic N) is 1. The molecular weight excluding hydrogens is 448 g/mol. The second-order valence-corrected chi connectivity index (χ2v) is 6.74. The lowest BCUT2D eigenvalue weighted by atomic mass is 9.85. The van der Waals surface area contributed by atoms with Crippen molar-refractivity contribution in [2.45, 2.75) is 57.6 Å². The van der Waals surface area contributed by atoms with E-state index in [-0.39, 0.29) is 41.6 Å². The van der Waals surface area contributed by atoms with Crippen LogP contribution in [-0.4, -0.2) is 36.9 Å². The summed E-state index contributed by atoms with van der Waals surface area (Å²) in [6.07, 6.45) is 4.89. The fraction of sp³-hybridized carbons (Fsp3) is 0.632. The zero-order valence-electron chi connectivity index (χ0n) is 15.8. The molecule has 148 valence electrons. The fourth-order valence-electron chi connectivity index (χ4n) is 3.15. The number of guanidine groups is 1. The lowest BCUT2D eigenvalue weighted by Gasteiger charge is -2.30. The molecule has 0 spiro atoms. The predicted molar refractivity (Wildman–Crippen MR) is 114 cm³/mol. The van der Waals surface area contributed by atoms with Gasteiger partial charge in [0, 0.05) is 6.54 Å². The molecule has 0 bridgehead atoms. The van der Waals surface area contributed by atoms with Crippen molar-refractivity contribution in [3.63, 3.8) is 0 Å². The maximum Gasteiger partial charge on any atom is 0.191 e. The largest absolute Gasteiger partial charge is 0.494 e. The normalized spacial score (nSPS) is 17.8. The van der Waals surface area contributed by atoms with Crippen LogP contribution < -0.4 is 15.4 Å². The molecule has 1 atom stereocenters. The monoisotopic (exact) mass is 479 g/mol. The van der Waals surface area contributed by atoms with Gasteiger partial charge in [-0.2, -0.15) is 0 Å². The van der Waals surface area contributed by atoms with Gasteiger partial charge in [-0.15, -0.1) is 24.0 Å². The number of aliphatic hydroxyl groups is 1. The molecule has 1 fully saturated rings. The number of nitrogens with one attached hydrogen (secondary N) is 2. The first-order chi connectivity index (χ1) is 12.0. The molecule has 7 heteroatoms. The van der Waals surface area contributed by atoms with Crippen LogP contribution in [0.2, 0.25) is 0 Å². The van der Waals surface area contributed by atoms with E-state index in [4.69, 9.17) is 4.74 Å². The Kier molecular flexibility index (Phi) is 9.63. The van der Waals surface area contributed by atoms with Gasteiger partial charge in [-0.1, -0.05) is 25.3 Å². The first-order valence-electron chi connectivity index (χ1n) is 9.08. The van der Waals surface area contributed by atoms with Gasteiger partial charge in [-0.25, -0.2) is 4.39 Å². The summed E-state index contributed by atoms with van der Waals surface area (Å²) in [7, 11) is 1.45. The zero-order valence-corrected chi connectivity index (χ0v) is 18.2. The lowest BCUT2D eigenvalue weighted by Crippen LogP contribution is -2.41. The van der Waals surface area contributed by atoms with Crippen LogP contribution in [0.25, 0.3) is 0 Å². The highest BCUT2D eigenvalue weighted by molar-refractivity contribution is 14.0. The minimum Gasteiger partial charge on any atom is -0.494 e. The molecule has 0 aliphatic heterocycles. The van der Waals surface area contributed by atoms with Gasteiger partial charge >= 0.3 is 0 Å². The predicted octanol–water partition coefficient (Wildman–Crippen LogP) is 3.76. The standard InChI is InChI=1S/C19H30FN3O2.HI/c1-4-21-18(22-13-19(24)10-6-5-7-11-19)23-14(2)15-8-9-17(25-3)16(20)12-15;/h8-9,12,14,24H,4-7,10-11,13H2,1-3H3,(H2,21,22,23);1H. The maximum absolute atomic E-state index is 13.9. The van der Waals surface area contributed by atoms with Gasteiger partial charge in [0.05, 0.1) is 25.3 Å². The molecule has 0 aromatic heterocycles. The van der Waals surface area contributed by atoms with Crippen molar-refractivity contribution in [1.29, 1.82) is 0 Å². The highest BCUT2D eigenvalue weighted by atomic mass is 127. The summed E-state index contributed by atoms with van der Waals surface area (Å²) in [6.45, 7) is 5.04. The average Bonchev–Trinajstić information content (AvgIpc) is 2.60. The summed E-state index contributed by atoms with van der Waals surface area (Å²) in [5, 5.41) is 17.1. The Morgan fingerprint density at radius 1 is 1.35 bits per heavy atom. The Morgan fingerprint density at radius 2 is 2.04 bits per heavy atom. The van der Waals surface area contributed by atoms with E-state index in [1.165, 1.54) is 19.6 Å². The summed E-state index contributed by atoms with van der Waals surface area (Å²) >= 11 is 0. The topological polar surface area (TPSA) is 65.9 Å². The minimum absolute atomic E-state index is 0. The van der Waals surface area contributed by atoms with E-state index in [1.807, 2.05) is 19.9 Å².